The normalized spacial score (nSPS) is 10.6. The van der Waals surface area contributed by atoms with Crippen molar-refractivity contribution in [2.45, 2.75) is 6.54 Å². The van der Waals surface area contributed by atoms with Crippen LogP contribution in [0.1, 0.15) is 15.9 Å². The standard InChI is InChI=1S/C17H17N5O2/c1-21-8-4-6-14(17(21)24)16(23)19-9-12-5-3-7-18-15(12)13-10-20-22(2)11-13/h3-8,10-11H,9H2,1-2H3,(H,19,23). The molecule has 3 aromatic heterocycles. The molecule has 7 nitrogen and oxygen atoms in total. The van der Waals surface area contributed by atoms with Gasteiger partial charge in [0.1, 0.15) is 5.56 Å². The number of rotatable bonds is 4. The van der Waals surface area contributed by atoms with Crippen LogP contribution in [0.2, 0.25) is 0 Å². The Morgan fingerprint density at radius 2 is 2.08 bits per heavy atom. The Balaban J connectivity index is 1.81. The van der Waals surface area contributed by atoms with Gasteiger partial charge in [-0.1, -0.05) is 6.07 Å². The van der Waals surface area contributed by atoms with Crippen molar-refractivity contribution >= 4 is 5.91 Å². The Morgan fingerprint density at radius 3 is 2.83 bits per heavy atom. The summed E-state index contributed by atoms with van der Waals surface area (Å²) in [6.07, 6.45) is 6.89. The fourth-order valence-corrected chi connectivity index (χ4v) is 2.43. The Labute approximate surface area is 138 Å². The van der Waals surface area contributed by atoms with Gasteiger partial charge in [0.15, 0.2) is 0 Å². The van der Waals surface area contributed by atoms with E-state index >= 15 is 0 Å². The highest BCUT2D eigenvalue weighted by Crippen LogP contribution is 2.20. The molecule has 3 heterocycles. The Kier molecular flexibility index (Phi) is 4.24. The van der Waals surface area contributed by atoms with Crippen molar-refractivity contribution in [3.05, 3.63) is 70.5 Å². The van der Waals surface area contributed by atoms with Gasteiger partial charge in [-0.3, -0.25) is 19.3 Å². The van der Waals surface area contributed by atoms with Crippen LogP contribution in [0, 0.1) is 0 Å². The number of aromatic nitrogens is 4. The molecule has 122 valence electrons. The highest BCUT2D eigenvalue weighted by atomic mass is 16.2. The SMILES string of the molecule is Cn1cc(-c2ncccc2CNC(=O)c2cccn(C)c2=O)cn1. The molecule has 1 amide bonds. The molecule has 0 unspecified atom stereocenters. The predicted molar refractivity (Wildman–Crippen MR) is 89.3 cm³/mol. The van der Waals surface area contributed by atoms with Crippen molar-refractivity contribution in [3.8, 4) is 11.3 Å². The van der Waals surface area contributed by atoms with E-state index in [1.54, 1.807) is 36.4 Å². The quantitative estimate of drug-likeness (QED) is 0.780. The van der Waals surface area contributed by atoms with E-state index in [0.29, 0.717) is 0 Å². The summed E-state index contributed by atoms with van der Waals surface area (Å²) >= 11 is 0. The largest absolute Gasteiger partial charge is 0.348 e. The number of hydrogen-bond donors (Lipinski definition) is 1. The van der Waals surface area contributed by atoms with Gasteiger partial charge < -0.3 is 9.88 Å². The highest BCUT2D eigenvalue weighted by Gasteiger charge is 2.13. The molecule has 3 rings (SSSR count). The molecular formula is C17H17N5O2. The summed E-state index contributed by atoms with van der Waals surface area (Å²) in [5.74, 6) is -0.405. The van der Waals surface area contributed by atoms with Crippen molar-refractivity contribution in [2.24, 2.45) is 14.1 Å². The zero-order valence-electron chi connectivity index (χ0n) is 13.4. The number of nitrogens with zero attached hydrogens (tertiary/aromatic N) is 4. The van der Waals surface area contributed by atoms with Gasteiger partial charge in [-0.05, 0) is 23.8 Å². The third-order valence-electron chi connectivity index (χ3n) is 3.68. The van der Waals surface area contributed by atoms with E-state index in [4.69, 9.17) is 0 Å². The molecule has 0 atom stereocenters. The van der Waals surface area contributed by atoms with Gasteiger partial charge in [0.25, 0.3) is 11.5 Å². The van der Waals surface area contributed by atoms with Gasteiger partial charge in [0.2, 0.25) is 0 Å². The van der Waals surface area contributed by atoms with Crippen molar-refractivity contribution in [3.63, 3.8) is 0 Å². The number of carbonyl (C=O) groups is 1. The molecule has 0 aliphatic carbocycles. The second-order valence-electron chi connectivity index (χ2n) is 5.43. The lowest BCUT2D eigenvalue weighted by Crippen LogP contribution is -2.31. The number of hydrogen-bond acceptors (Lipinski definition) is 4. The van der Waals surface area contributed by atoms with Crippen molar-refractivity contribution in [1.82, 2.24) is 24.6 Å². The minimum atomic E-state index is -0.405. The molecule has 0 fully saturated rings. The smallest absolute Gasteiger partial charge is 0.263 e. The van der Waals surface area contributed by atoms with Crippen LogP contribution in [-0.4, -0.2) is 25.2 Å². The zero-order valence-corrected chi connectivity index (χ0v) is 13.4. The summed E-state index contributed by atoms with van der Waals surface area (Å²) in [5.41, 5.74) is 2.27. The Hall–Kier alpha value is -3.22. The average Bonchev–Trinajstić information content (AvgIpc) is 3.02. The molecule has 0 bridgehead atoms. The summed E-state index contributed by atoms with van der Waals surface area (Å²) in [7, 11) is 3.44. The van der Waals surface area contributed by atoms with Gasteiger partial charge >= 0.3 is 0 Å². The Bertz CT molecular complexity index is 942. The summed E-state index contributed by atoms with van der Waals surface area (Å²) in [6, 6.07) is 6.88. The number of pyridine rings is 2. The van der Waals surface area contributed by atoms with Gasteiger partial charge in [-0.2, -0.15) is 5.10 Å². The van der Waals surface area contributed by atoms with Gasteiger partial charge in [0.05, 0.1) is 11.9 Å². The number of amides is 1. The van der Waals surface area contributed by atoms with Crippen LogP contribution in [0.4, 0.5) is 0 Å². The van der Waals surface area contributed by atoms with E-state index in [1.165, 1.54) is 10.6 Å². The number of carbonyl (C=O) groups excluding carboxylic acids is 1. The first kappa shape index (κ1) is 15.7. The van der Waals surface area contributed by atoms with E-state index in [2.05, 4.69) is 15.4 Å². The highest BCUT2D eigenvalue weighted by molar-refractivity contribution is 5.93. The number of nitrogens with one attached hydrogen (secondary N) is 1. The summed E-state index contributed by atoms with van der Waals surface area (Å²) in [5, 5.41) is 6.92. The second-order valence-corrected chi connectivity index (χ2v) is 5.43. The van der Waals surface area contributed by atoms with Crippen LogP contribution in [0.25, 0.3) is 11.3 Å². The van der Waals surface area contributed by atoms with E-state index < -0.39 is 5.91 Å². The third kappa shape index (κ3) is 3.10. The van der Waals surface area contributed by atoms with Crippen LogP contribution in [0.5, 0.6) is 0 Å². The first-order valence-electron chi connectivity index (χ1n) is 7.43. The molecule has 0 aliphatic rings. The summed E-state index contributed by atoms with van der Waals surface area (Å²) < 4.78 is 3.07. The van der Waals surface area contributed by atoms with E-state index in [-0.39, 0.29) is 17.7 Å². The van der Waals surface area contributed by atoms with E-state index in [0.717, 1.165) is 16.8 Å². The molecule has 7 heteroatoms. The van der Waals surface area contributed by atoms with Crippen LogP contribution in [0.15, 0.2) is 53.8 Å². The molecule has 0 radical (unpaired) electrons. The first-order chi connectivity index (χ1) is 11.6. The van der Waals surface area contributed by atoms with E-state index in [9.17, 15) is 9.59 Å². The lowest BCUT2D eigenvalue weighted by atomic mass is 10.1. The average molecular weight is 323 g/mol. The van der Waals surface area contributed by atoms with Crippen LogP contribution < -0.4 is 10.9 Å². The maximum Gasteiger partial charge on any atom is 0.263 e. The molecule has 1 N–H and O–H groups in total. The van der Waals surface area contributed by atoms with Gasteiger partial charge in [-0.25, -0.2) is 0 Å². The predicted octanol–water partition coefficient (Wildman–Crippen LogP) is 1.11. The minimum Gasteiger partial charge on any atom is -0.348 e. The fraction of sp³-hybridized carbons (Fsp3) is 0.176. The maximum absolute atomic E-state index is 12.3. The van der Waals surface area contributed by atoms with Crippen molar-refractivity contribution < 1.29 is 4.79 Å². The molecule has 0 saturated heterocycles. The van der Waals surface area contributed by atoms with Gasteiger partial charge in [0, 0.05) is 44.8 Å². The molecular weight excluding hydrogens is 306 g/mol. The topological polar surface area (TPSA) is 81.8 Å². The van der Waals surface area contributed by atoms with Crippen molar-refractivity contribution in [2.75, 3.05) is 0 Å². The van der Waals surface area contributed by atoms with Crippen LogP contribution in [0.3, 0.4) is 0 Å². The molecule has 0 aromatic carbocycles. The summed E-state index contributed by atoms with van der Waals surface area (Å²) in [4.78, 5) is 28.6. The van der Waals surface area contributed by atoms with Crippen molar-refractivity contribution in [1.29, 1.82) is 0 Å². The lowest BCUT2D eigenvalue weighted by molar-refractivity contribution is 0.0949. The van der Waals surface area contributed by atoms with Crippen LogP contribution >= 0.6 is 0 Å². The van der Waals surface area contributed by atoms with E-state index in [1.807, 2.05) is 25.4 Å². The second kappa shape index (κ2) is 6.49. The maximum atomic E-state index is 12.3. The number of aryl methyl sites for hydroxylation is 2. The van der Waals surface area contributed by atoms with Gasteiger partial charge in [-0.15, -0.1) is 0 Å². The fourth-order valence-electron chi connectivity index (χ4n) is 2.43. The molecule has 0 spiro atoms. The summed E-state index contributed by atoms with van der Waals surface area (Å²) in [6.45, 7) is 0.273. The molecule has 0 saturated carbocycles. The zero-order chi connectivity index (χ0) is 17.1. The first-order valence-corrected chi connectivity index (χ1v) is 7.43. The minimum absolute atomic E-state index is 0.117. The molecule has 3 aromatic rings. The lowest BCUT2D eigenvalue weighted by Gasteiger charge is -2.09. The van der Waals surface area contributed by atoms with Crippen LogP contribution in [-0.2, 0) is 20.6 Å². The third-order valence-corrected chi connectivity index (χ3v) is 3.68. The molecule has 0 aliphatic heterocycles. The monoisotopic (exact) mass is 323 g/mol. The Morgan fingerprint density at radius 1 is 1.25 bits per heavy atom. The molecule has 24 heavy (non-hydrogen) atoms.